The van der Waals surface area contributed by atoms with Crippen LogP contribution in [0.5, 0.6) is 0 Å². The van der Waals surface area contributed by atoms with E-state index in [0.29, 0.717) is 24.3 Å². The van der Waals surface area contributed by atoms with Crippen molar-refractivity contribution in [1.82, 2.24) is 5.32 Å². The third-order valence-electron chi connectivity index (χ3n) is 2.83. The Morgan fingerprint density at radius 1 is 1.37 bits per heavy atom. The van der Waals surface area contributed by atoms with Crippen molar-refractivity contribution in [2.45, 2.75) is 20.3 Å². The zero-order valence-corrected chi connectivity index (χ0v) is 11.6. The maximum atomic E-state index is 11.7. The highest BCUT2D eigenvalue weighted by atomic mass is 16.3. The van der Waals surface area contributed by atoms with E-state index in [-0.39, 0.29) is 12.5 Å². The van der Waals surface area contributed by atoms with E-state index >= 15 is 0 Å². The van der Waals surface area contributed by atoms with Crippen molar-refractivity contribution in [3.05, 3.63) is 23.8 Å². The van der Waals surface area contributed by atoms with Crippen LogP contribution in [0.15, 0.2) is 18.2 Å². The minimum atomic E-state index is -0.120. The van der Waals surface area contributed by atoms with Gasteiger partial charge in [0.1, 0.15) is 0 Å². The number of anilines is 2. The minimum Gasteiger partial charge on any atom is -0.397 e. The zero-order chi connectivity index (χ0) is 14.3. The second-order valence-corrected chi connectivity index (χ2v) is 4.34. The maximum Gasteiger partial charge on any atom is 0.251 e. The van der Waals surface area contributed by atoms with Gasteiger partial charge in [-0.05, 0) is 31.5 Å². The van der Waals surface area contributed by atoms with E-state index in [1.165, 1.54) is 0 Å². The van der Waals surface area contributed by atoms with Gasteiger partial charge in [0.2, 0.25) is 0 Å². The van der Waals surface area contributed by atoms with Gasteiger partial charge in [0.05, 0.1) is 18.0 Å². The molecule has 19 heavy (non-hydrogen) atoms. The number of amides is 1. The molecule has 0 aromatic heterocycles. The monoisotopic (exact) mass is 265 g/mol. The molecule has 0 aliphatic carbocycles. The van der Waals surface area contributed by atoms with Crippen molar-refractivity contribution in [2.75, 3.05) is 36.9 Å². The summed E-state index contributed by atoms with van der Waals surface area (Å²) in [5.41, 5.74) is 8.00. The van der Waals surface area contributed by atoms with Gasteiger partial charge in [0, 0.05) is 25.2 Å². The van der Waals surface area contributed by atoms with Gasteiger partial charge in [-0.2, -0.15) is 0 Å². The second kappa shape index (κ2) is 7.63. The van der Waals surface area contributed by atoms with Crippen LogP contribution in [-0.2, 0) is 0 Å². The van der Waals surface area contributed by atoms with Crippen LogP contribution >= 0.6 is 0 Å². The van der Waals surface area contributed by atoms with E-state index < -0.39 is 0 Å². The molecule has 0 aliphatic heterocycles. The fourth-order valence-corrected chi connectivity index (χ4v) is 1.99. The molecule has 0 bridgehead atoms. The lowest BCUT2D eigenvalue weighted by Gasteiger charge is -2.25. The van der Waals surface area contributed by atoms with Gasteiger partial charge in [-0.3, -0.25) is 4.79 Å². The Balaban J connectivity index is 2.94. The highest BCUT2D eigenvalue weighted by molar-refractivity contribution is 5.96. The Hall–Kier alpha value is -1.75. The third-order valence-corrected chi connectivity index (χ3v) is 2.83. The van der Waals surface area contributed by atoms with Gasteiger partial charge in [0.25, 0.3) is 5.91 Å². The molecule has 1 aromatic carbocycles. The molecule has 1 amide bonds. The summed E-state index contributed by atoms with van der Waals surface area (Å²) >= 11 is 0. The van der Waals surface area contributed by atoms with Crippen LogP contribution in [0.1, 0.15) is 30.6 Å². The fraction of sp³-hybridized carbons (Fsp3) is 0.500. The number of nitrogens with zero attached hydrogens (tertiary/aromatic N) is 1. The highest BCUT2D eigenvalue weighted by Crippen LogP contribution is 2.24. The normalized spacial score (nSPS) is 10.3. The smallest absolute Gasteiger partial charge is 0.251 e. The molecule has 0 saturated carbocycles. The number of rotatable bonds is 7. The predicted octanol–water partition coefficient (Wildman–Crippen LogP) is 1.23. The predicted molar refractivity (Wildman–Crippen MR) is 78.5 cm³/mol. The summed E-state index contributed by atoms with van der Waals surface area (Å²) in [6, 6.07) is 5.28. The Morgan fingerprint density at radius 3 is 2.63 bits per heavy atom. The first kappa shape index (κ1) is 15.3. The van der Waals surface area contributed by atoms with Crippen LogP contribution in [-0.4, -0.2) is 37.3 Å². The SMILES string of the molecule is CCCN(CCO)c1ccc(C(=O)NCC)cc1N. The maximum absolute atomic E-state index is 11.7. The van der Waals surface area contributed by atoms with Crippen molar-refractivity contribution >= 4 is 17.3 Å². The number of hydrogen-bond donors (Lipinski definition) is 3. The summed E-state index contributed by atoms with van der Waals surface area (Å²) in [5.74, 6) is -0.120. The molecule has 0 spiro atoms. The number of carbonyl (C=O) groups is 1. The quantitative estimate of drug-likeness (QED) is 0.648. The number of nitrogens with two attached hydrogens (primary N) is 1. The average Bonchev–Trinajstić information content (AvgIpc) is 2.39. The summed E-state index contributed by atoms with van der Waals surface area (Å²) < 4.78 is 0. The highest BCUT2D eigenvalue weighted by Gasteiger charge is 2.11. The number of nitrogens with one attached hydrogen (secondary N) is 1. The first-order chi connectivity index (χ1) is 9.13. The number of hydrogen-bond acceptors (Lipinski definition) is 4. The lowest BCUT2D eigenvalue weighted by molar-refractivity contribution is 0.0956. The van der Waals surface area contributed by atoms with E-state index in [4.69, 9.17) is 10.8 Å². The number of aliphatic hydroxyl groups is 1. The second-order valence-electron chi connectivity index (χ2n) is 4.34. The van der Waals surface area contributed by atoms with Crippen LogP contribution < -0.4 is 16.0 Å². The van der Waals surface area contributed by atoms with E-state index in [1.54, 1.807) is 12.1 Å². The van der Waals surface area contributed by atoms with Crippen LogP contribution in [0, 0.1) is 0 Å². The molecule has 0 saturated heterocycles. The summed E-state index contributed by atoms with van der Waals surface area (Å²) in [6.07, 6.45) is 0.970. The Morgan fingerprint density at radius 2 is 2.11 bits per heavy atom. The van der Waals surface area contributed by atoms with Gasteiger partial charge in [-0.25, -0.2) is 0 Å². The van der Waals surface area contributed by atoms with Gasteiger partial charge < -0.3 is 21.1 Å². The molecule has 0 radical (unpaired) electrons. The van der Waals surface area contributed by atoms with Gasteiger partial charge in [-0.1, -0.05) is 6.92 Å². The van der Waals surface area contributed by atoms with E-state index in [9.17, 15) is 4.79 Å². The molecule has 4 N–H and O–H groups in total. The number of aliphatic hydroxyl groups excluding tert-OH is 1. The molecule has 0 atom stereocenters. The largest absolute Gasteiger partial charge is 0.397 e. The van der Waals surface area contributed by atoms with E-state index in [0.717, 1.165) is 18.7 Å². The number of carbonyl (C=O) groups excluding carboxylic acids is 1. The van der Waals surface area contributed by atoms with E-state index in [1.807, 2.05) is 17.9 Å². The Bertz CT molecular complexity index is 415. The molecule has 1 aromatic rings. The number of benzene rings is 1. The van der Waals surface area contributed by atoms with Crippen molar-refractivity contribution in [1.29, 1.82) is 0 Å². The molecule has 0 aliphatic rings. The summed E-state index contributed by atoms with van der Waals surface area (Å²) in [7, 11) is 0. The van der Waals surface area contributed by atoms with E-state index in [2.05, 4.69) is 12.2 Å². The molecule has 5 heteroatoms. The first-order valence-corrected chi connectivity index (χ1v) is 6.67. The Kier molecular flexibility index (Phi) is 6.15. The van der Waals surface area contributed by atoms with Crippen molar-refractivity contribution in [3.8, 4) is 0 Å². The van der Waals surface area contributed by atoms with Crippen molar-refractivity contribution in [3.63, 3.8) is 0 Å². The molecule has 0 heterocycles. The van der Waals surface area contributed by atoms with Crippen LogP contribution in [0.3, 0.4) is 0 Å². The van der Waals surface area contributed by atoms with Gasteiger partial charge in [0.15, 0.2) is 0 Å². The van der Waals surface area contributed by atoms with Crippen LogP contribution in [0.4, 0.5) is 11.4 Å². The number of nitrogen functional groups attached to an aromatic ring is 1. The topological polar surface area (TPSA) is 78.6 Å². The van der Waals surface area contributed by atoms with Crippen molar-refractivity contribution in [2.24, 2.45) is 0 Å². The van der Waals surface area contributed by atoms with Crippen LogP contribution in [0.25, 0.3) is 0 Å². The molecular weight excluding hydrogens is 242 g/mol. The molecular formula is C14H23N3O2. The fourth-order valence-electron chi connectivity index (χ4n) is 1.99. The third kappa shape index (κ3) is 4.13. The summed E-state index contributed by atoms with van der Waals surface area (Å²) in [5, 5.41) is 11.8. The lowest BCUT2D eigenvalue weighted by Crippen LogP contribution is -2.28. The minimum absolute atomic E-state index is 0.0809. The van der Waals surface area contributed by atoms with Crippen molar-refractivity contribution < 1.29 is 9.90 Å². The molecule has 0 fully saturated rings. The van der Waals surface area contributed by atoms with Gasteiger partial charge in [-0.15, -0.1) is 0 Å². The molecule has 1 rings (SSSR count). The lowest BCUT2D eigenvalue weighted by atomic mass is 10.1. The summed E-state index contributed by atoms with van der Waals surface area (Å²) in [4.78, 5) is 13.7. The standard InChI is InChI=1S/C14H23N3O2/c1-3-7-17(8-9-18)13-6-5-11(10-12(13)15)14(19)16-4-2/h5-6,10,18H,3-4,7-9,15H2,1-2H3,(H,16,19). The van der Waals surface area contributed by atoms with Gasteiger partial charge >= 0.3 is 0 Å². The molecule has 106 valence electrons. The first-order valence-electron chi connectivity index (χ1n) is 6.67. The molecule has 0 unspecified atom stereocenters. The Labute approximate surface area is 114 Å². The van der Waals surface area contributed by atoms with Crippen LogP contribution in [0.2, 0.25) is 0 Å². The zero-order valence-electron chi connectivity index (χ0n) is 11.6. The molecule has 5 nitrogen and oxygen atoms in total. The summed E-state index contributed by atoms with van der Waals surface area (Å²) in [6.45, 7) is 5.98. The average molecular weight is 265 g/mol.